The average Bonchev–Trinajstić information content (AvgIpc) is 2.37. The Morgan fingerprint density at radius 1 is 1.37 bits per heavy atom. The molecule has 102 valence electrons. The zero-order valence-corrected chi connectivity index (χ0v) is 10.9. The summed E-state index contributed by atoms with van der Waals surface area (Å²) in [6.45, 7) is 2.95. The summed E-state index contributed by atoms with van der Waals surface area (Å²) in [6.07, 6.45) is -0.160. The molecule has 0 spiro atoms. The average molecular weight is 262 g/mol. The molecule has 5 heteroatoms. The van der Waals surface area contributed by atoms with Gasteiger partial charge in [0.1, 0.15) is 0 Å². The van der Waals surface area contributed by atoms with Gasteiger partial charge in [-0.05, 0) is 18.6 Å². The van der Waals surface area contributed by atoms with Crippen molar-refractivity contribution in [3.05, 3.63) is 35.4 Å². The summed E-state index contributed by atoms with van der Waals surface area (Å²) in [6, 6.07) is 7.20. The van der Waals surface area contributed by atoms with E-state index >= 15 is 0 Å². The molecule has 0 saturated heterocycles. The number of nitrogens with one attached hydrogen (secondary N) is 1. The van der Waals surface area contributed by atoms with Gasteiger partial charge in [0, 0.05) is 25.2 Å². The van der Waals surface area contributed by atoms with E-state index in [1.54, 1.807) is 19.1 Å². The second-order valence-electron chi connectivity index (χ2n) is 4.74. The van der Waals surface area contributed by atoms with Crippen LogP contribution < -0.4 is 5.32 Å². The third kappa shape index (κ3) is 3.19. The van der Waals surface area contributed by atoms with Crippen LogP contribution in [-0.4, -0.2) is 47.6 Å². The van der Waals surface area contributed by atoms with Gasteiger partial charge < -0.3 is 10.4 Å². The number of aliphatic hydroxyl groups is 1. The normalized spacial score (nSPS) is 16.4. The number of rotatable bonds is 5. The van der Waals surface area contributed by atoms with Gasteiger partial charge >= 0.3 is 0 Å². The van der Waals surface area contributed by atoms with Crippen molar-refractivity contribution in [1.82, 2.24) is 10.2 Å². The molecular formula is C14H18N2O3. The van der Waals surface area contributed by atoms with Crippen LogP contribution in [0.25, 0.3) is 0 Å². The topological polar surface area (TPSA) is 69.6 Å². The van der Waals surface area contributed by atoms with Crippen LogP contribution in [0.15, 0.2) is 24.3 Å². The lowest BCUT2D eigenvalue weighted by Crippen LogP contribution is -2.45. The van der Waals surface area contributed by atoms with Gasteiger partial charge in [-0.15, -0.1) is 0 Å². The summed E-state index contributed by atoms with van der Waals surface area (Å²) < 4.78 is 0. The van der Waals surface area contributed by atoms with Crippen LogP contribution in [0.1, 0.15) is 22.8 Å². The third-order valence-electron chi connectivity index (χ3n) is 3.09. The highest BCUT2D eigenvalue weighted by molar-refractivity contribution is 6.09. The highest BCUT2D eigenvalue weighted by Crippen LogP contribution is 2.18. The van der Waals surface area contributed by atoms with Crippen LogP contribution in [0.2, 0.25) is 0 Å². The Labute approximate surface area is 112 Å². The maximum absolute atomic E-state index is 12.2. The number of nitrogens with zero attached hydrogens (tertiary/aromatic N) is 1. The van der Waals surface area contributed by atoms with Gasteiger partial charge in [0.25, 0.3) is 5.91 Å². The first-order chi connectivity index (χ1) is 9.09. The Morgan fingerprint density at radius 2 is 2.11 bits per heavy atom. The molecule has 1 aromatic carbocycles. The predicted octanol–water partition coefficient (Wildman–Crippen LogP) is 0.182. The fourth-order valence-electron chi connectivity index (χ4n) is 2.13. The van der Waals surface area contributed by atoms with Crippen molar-refractivity contribution in [2.45, 2.75) is 19.4 Å². The quantitative estimate of drug-likeness (QED) is 0.587. The van der Waals surface area contributed by atoms with Gasteiger partial charge in [-0.1, -0.05) is 18.2 Å². The van der Waals surface area contributed by atoms with Crippen molar-refractivity contribution in [2.75, 3.05) is 19.6 Å². The number of hydrogen-bond donors (Lipinski definition) is 2. The van der Waals surface area contributed by atoms with Crippen LogP contribution in [0.3, 0.4) is 0 Å². The van der Waals surface area contributed by atoms with E-state index in [0.717, 1.165) is 5.56 Å². The molecule has 0 aromatic heterocycles. The molecule has 2 rings (SSSR count). The van der Waals surface area contributed by atoms with E-state index in [1.807, 2.05) is 12.1 Å². The number of imide groups is 1. The lowest BCUT2D eigenvalue weighted by atomic mass is 9.98. The first kappa shape index (κ1) is 13.7. The lowest BCUT2D eigenvalue weighted by Gasteiger charge is -2.26. The number of carbonyl (C=O) groups excluding carboxylic acids is 2. The Morgan fingerprint density at radius 3 is 2.84 bits per heavy atom. The van der Waals surface area contributed by atoms with E-state index in [2.05, 4.69) is 5.32 Å². The molecule has 0 radical (unpaired) electrons. The minimum absolute atomic E-state index is 0.164. The number of aliphatic hydroxyl groups excluding tert-OH is 1. The number of amides is 2. The molecule has 1 unspecified atom stereocenters. The molecule has 1 aliphatic rings. The van der Waals surface area contributed by atoms with Crippen LogP contribution in [-0.2, 0) is 11.2 Å². The van der Waals surface area contributed by atoms with Crippen molar-refractivity contribution in [2.24, 2.45) is 0 Å². The van der Waals surface area contributed by atoms with Gasteiger partial charge in [0.2, 0.25) is 5.91 Å². The summed E-state index contributed by atoms with van der Waals surface area (Å²) in [5.74, 6) is -0.395. The molecule has 1 aromatic rings. The zero-order chi connectivity index (χ0) is 13.8. The van der Waals surface area contributed by atoms with E-state index in [9.17, 15) is 9.59 Å². The molecule has 1 atom stereocenters. The monoisotopic (exact) mass is 262 g/mol. The van der Waals surface area contributed by atoms with Crippen LogP contribution >= 0.6 is 0 Å². The smallest absolute Gasteiger partial charge is 0.260 e. The van der Waals surface area contributed by atoms with Crippen molar-refractivity contribution < 1.29 is 14.7 Å². The van der Waals surface area contributed by atoms with E-state index in [4.69, 9.17) is 5.11 Å². The van der Waals surface area contributed by atoms with Gasteiger partial charge in [-0.25, -0.2) is 0 Å². The summed E-state index contributed by atoms with van der Waals surface area (Å²) in [7, 11) is 0. The fourth-order valence-corrected chi connectivity index (χ4v) is 2.13. The molecule has 2 amide bonds. The van der Waals surface area contributed by atoms with Crippen LogP contribution in [0.4, 0.5) is 0 Å². The van der Waals surface area contributed by atoms with E-state index in [1.165, 1.54) is 4.90 Å². The molecule has 19 heavy (non-hydrogen) atoms. The highest BCUT2D eigenvalue weighted by Gasteiger charge is 2.29. The minimum atomic E-state index is -0.437. The predicted molar refractivity (Wildman–Crippen MR) is 70.7 cm³/mol. The molecule has 1 aliphatic heterocycles. The Balaban J connectivity index is 1.99. The highest BCUT2D eigenvalue weighted by atomic mass is 16.3. The van der Waals surface area contributed by atoms with Gasteiger partial charge in [0.05, 0.1) is 12.5 Å². The SMILES string of the molecule is CC(O)CNCCN1C(=O)Cc2ccccc2C1=O. The second kappa shape index (κ2) is 5.95. The molecule has 1 heterocycles. The molecular weight excluding hydrogens is 244 g/mol. The van der Waals surface area contributed by atoms with Gasteiger partial charge in [-0.2, -0.15) is 0 Å². The summed E-state index contributed by atoms with van der Waals surface area (Å²) >= 11 is 0. The van der Waals surface area contributed by atoms with Gasteiger partial charge in [-0.3, -0.25) is 14.5 Å². The van der Waals surface area contributed by atoms with E-state index in [0.29, 0.717) is 25.2 Å². The van der Waals surface area contributed by atoms with Gasteiger partial charge in [0.15, 0.2) is 0 Å². The minimum Gasteiger partial charge on any atom is -0.392 e. The Bertz CT molecular complexity index is 485. The van der Waals surface area contributed by atoms with Crippen molar-refractivity contribution >= 4 is 11.8 Å². The molecule has 5 nitrogen and oxygen atoms in total. The van der Waals surface area contributed by atoms with Crippen molar-refractivity contribution in [1.29, 1.82) is 0 Å². The molecule has 0 fully saturated rings. The summed E-state index contributed by atoms with van der Waals surface area (Å²) in [5.41, 5.74) is 1.41. The summed E-state index contributed by atoms with van der Waals surface area (Å²) in [5, 5.41) is 12.1. The first-order valence-electron chi connectivity index (χ1n) is 6.41. The van der Waals surface area contributed by atoms with Crippen LogP contribution in [0.5, 0.6) is 0 Å². The maximum Gasteiger partial charge on any atom is 0.260 e. The first-order valence-corrected chi connectivity index (χ1v) is 6.41. The zero-order valence-electron chi connectivity index (χ0n) is 10.9. The van der Waals surface area contributed by atoms with Crippen LogP contribution in [0, 0.1) is 0 Å². The largest absolute Gasteiger partial charge is 0.392 e. The maximum atomic E-state index is 12.2. The standard InChI is InChI=1S/C14H18N2O3/c1-10(17)9-15-6-7-16-13(18)8-11-4-2-3-5-12(11)14(16)19/h2-5,10,15,17H,6-9H2,1H3. The Hall–Kier alpha value is -1.72. The van der Waals surface area contributed by atoms with E-state index in [-0.39, 0.29) is 18.2 Å². The summed E-state index contributed by atoms with van der Waals surface area (Å²) in [4.78, 5) is 25.4. The van der Waals surface area contributed by atoms with E-state index < -0.39 is 6.10 Å². The number of hydrogen-bond acceptors (Lipinski definition) is 4. The fraction of sp³-hybridized carbons (Fsp3) is 0.429. The number of carbonyl (C=O) groups is 2. The second-order valence-corrected chi connectivity index (χ2v) is 4.74. The lowest BCUT2D eigenvalue weighted by molar-refractivity contribution is -0.128. The Kier molecular flexibility index (Phi) is 4.29. The number of benzene rings is 1. The molecule has 0 bridgehead atoms. The molecule has 2 N–H and O–H groups in total. The van der Waals surface area contributed by atoms with Crippen molar-refractivity contribution in [3.63, 3.8) is 0 Å². The van der Waals surface area contributed by atoms with Crippen molar-refractivity contribution in [3.8, 4) is 0 Å². The number of fused-ring (bicyclic) bond motifs is 1. The third-order valence-corrected chi connectivity index (χ3v) is 3.09. The molecule has 0 saturated carbocycles. The molecule has 0 aliphatic carbocycles.